The van der Waals surface area contributed by atoms with Gasteiger partial charge >= 0.3 is 17.9 Å². The number of aryl methyl sites for hydroxylation is 2. The minimum absolute atomic E-state index is 0.00579. The topological polar surface area (TPSA) is 387 Å². The highest BCUT2D eigenvalue weighted by Gasteiger charge is 2.49. The number of nitrogens with two attached hydrogens (primary N) is 3. The number of rotatable bonds is 18. The Morgan fingerprint density at radius 3 is 1.05 bits per heavy atom. The molecule has 27 nitrogen and oxygen atoms in total. The van der Waals surface area contributed by atoms with E-state index >= 15 is 0 Å². The van der Waals surface area contributed by atoms with Crippen molar-refractivity contribution in [3.8, 4) is 0 Å². The van der Waals surface area contributed by atoms with E-state index in [1.54, 1.807) is 42.5 Å². The van der Waals surface area contributed by atoms with Crippen molar-refractivity contribution in [2.45, 2.75) is 127 Å². The molecule has 6 amide bonds. The van der Waals surface area contributed by atoms with Gasteiger partial charge in [-0.2, -0.15) is 0 Å². The van der Waals surface area contributed by atoms with E-state index < -0.39 is 40.4 Å². The first-order valence-electron chi connectivity index (χ1n) is 34.8. The summed E-state index contributed by atoms with van der Waals surface area (Å²) in [5, 5.41) is 38.1. The molecule has 6 fully saturated rings. The van der Waals surface area contributed by atoms with Crippen LogP contribution in [0.2, 0.25) is 5.02 Å². The van der Waals surface area contributed by atoms with E-state index in [0.29, 0.717) is 128 Å². The molecule has 0 bridgehead atoms. The summed E-state index contributed by atoms with van der Waals surface area (Å²) < 4.78 is 0. The number of amides is 6. The highest BCUT2D eigenvalue weighted by atomic mass is 35.5. The number of piperidine rings is 6. The second kappa shape index (κ2) is 33.1. The van der Waals surface area contributed by atoms with Crippen molar-refractivity contribution in [2.24, 2.45) is 17.2 Å². The number of carboxylic acid groups (broad SMARTS) is 3. The monoisotopic (exact) mass is 1420 g/mol. The van der Waals surface area contributed by atoms with Crippen LogP contribution in [-0.2, 0) is 14.4 Å². The van der Waals surface area contributed by atoms with Crippen LogP contribution in [0.1, 0.15) is 170 Å². The minimum atomic E-state index is -1.15. The van der Waals surface area contributed by atoms with Crippen LogP contribution in [0.25, 0.3) is 0 Å². The third-order valence-electron chi connectivity index (χ3n) is 20.8. The molecule has 3 aromatic heterocycles. The highest BCUT2D eigenvalue weighted by molar-refractivity contribution is 6.31. The first-order valence-corrected chi connectivity index (χ1v) is 35.2. The first kappa shape index (κ1) is 74.6. The maximum absolute atomic E-state index is 12.6. The van der Waals surface area contributed by atoms with Crippen molar-refractivity contribution in [2.75, 3.05) is 109 Å². The molecule has 102 heavy (non-hydrogen) atoms. The molecule has 12 N–H and O–H groups in total. The molecule has 0 spiro atoms. The Morgan fingerprint density at radius 1 is 0.392 bits per heavy atom. The molecule has 6 saturated heterocycles. The van der Waals surface area contributed by atoms with Gasteiger partial charge < -0.3 is 63.2 Å². The number of carbonyl (C=O) groups is 9. The van der Waals surface area contributed by atoms with Crippen molar-refractivity contribution in [3.63, 3.8) is 0 Å². The van der Waals surface area contributed by atoms with E-state index in [9.17, 15) is 58.5 Å². The summed E-state index contributed by atoms with van der Waals surface area (Å²) in [5.41, 5.74) is 19.6. The Bertz CT molecular complexity index is 4080. The summed E-state index contributed by atoms with van der Waals surface area (Å²) in [5.74, 6) is -4.45. The SMILES string of the molecule is Cc1ccc(C(=O)Nc2cnc(N3CCC(C(N)=O)(N4CCCCC4)CC3)c(C(=O)O)c2)cc1.Cc1ccccc1C(=O)Nc1cnc(N2CCC(C(N)=O)(N3CCCCC3)CC2)c(C(=O)O)c1.NC(=O)C1(N2CCCCC2)CCN(c2ncc(NC(=O)c3cccc(Cl)c3)cc2C(=O)O)CC1. The zero-order valence-electron chi connectivity index (χ0n) is 57.6. The number of carbonyl (C=O) groups excluding carboxylic acids is 6. The Balaban J connectivity index is 0.000000165. The number of pyridine rings is 3. The Hall–Kier alpha value is -10.1. The summed E-state index contributed by atoms with van der Waals surface area (Å²) in [6.45, 7) is 11.7. The number of carboxylic acids is 3. The number of primary amides is 3. The average Bonchev–Trinajstić information content (AvgIpc) is 0.782. The zero-order chi connectivity index (χ0) is 72.9. The number of hydrogen-bond donors (Lipinski definition) is 9. The molecule has 12 rings (SSSR count). The molecule has 0 radical (unpaired) electrons. The van der Waals surface area contributed by atoms with Crippen LogP contribution in [0, 0.1) is 13.8 Å². The Labute approximate surface area is 597 Å². The maximum Gasteiger partial charge on any atom is 0.339 e. The van der Waals surface area contributed by atoms with E-state index in [4.69, 9.17) is 28.8 Å². The van der Waals surface area contributed by atoms with E-state index in [1.807, 2.05) is 52.8 Å². The maximum atomic E-state index is 12.6. The van der Waals surface area contributed by atoms with Crippen LogP contribution in [0.15, 0.2) is 110 Å². The molecule has 6 aliphatic heterocycles. The molecular weight excluding hydrogens is 1330 g/mol. The van der Waals surface area contributed by atoms with Gasteiger partial charge in [0.2, 0.25) is 17.7 Å². The lowest BCUT2D eigenvalue weighted by atomic mass is 9.83. The van der Waals surface area contributed by atoms with Gasteiger partial charge in [-0.3, -0.25) is 43.5 Å². The number of halogens is 1. The predicted molar refractivity (Wildman–Crippen MR) is 388 cm³/mol. The molecule has 0 saturated carbocycles. The fraction of sp³-hybridized carbons (Fsp3) is 0.432. The van der Waals surface area contributed by atoms with E-state index in [-0.39, 0.29) is 51.9 Å². The van der Waals surface area contributed by atoms with Gasteiger partial charge in [0.05, 0.1) is 35.7 Å². The summed E-state index contributed by atoms with van der Waals surface area (Å²) in [7, 11) is 0. The second-order valence-corrected chi connectivity index (χ2v) is 27.5. The van der Waals surface area contributed by atoms with Crippen LogP contribution < -0.4 is 47.9 Å². The van der Waals surface area contributed by atoms with Gasteiger partial charge in [-0.25, -0.2) is 29.3 Å². The standard InChI is InChI=1S/2C25H31N5O4.C24H28ClN5O4/c1-17-7-3-4-8-19(17)22(31)28-18-15-20(23(32)33)21(27-16-18)29-13-9-25(10-14-29,24(26)34)30-11-5-2-6-12-30;1-17-5-7-18(8-6-17)22(31)28-19-15-20(23(32)33)21(27-16-19)29-13-9-25(10-14-29,24(26)34)30-11-3-2-4-12-30;25-17-6-4-5-16(13-17)21(31)28-18-14-19(22(32)33)20(27-15-18)29-11-7-24(8-12-29,23(26)34)30-9-2-1-3-10-30/h3-4,7-8,15-16H,2,5-6,9-14H2,1H3,(H2,26,34)(H,28,31)(H,32,33);5-8,15-16H,2-4,9-14H2,1H3,(H2,26,34)(H,28,31)(H,32,33);4-6,13-15H,1-3,7-12H2,(H2,26,34)(H,28,31)(H,32,33). The minimum Gasteiger partial charge on any atom is -0.478 e. The smallest absolute Gasteiger partial charge is 0.339 e. The number of likely N-dealkylation sites (tertiary alicyclic amines) is 3. The third-order valence-corrected chi connectivity index (χ3v) is 21.0. The molecule has 9 heterocycles. The number of aromatic nitrogens is 3. The number of aromatic carboxylic acids is 3. The lowest BCUT2D eigenvalue weighted by Gasteiger charge is -2.48. The summed E-state index contributed by atoms with van der Waals surface area (Å²) in [4.78, 5) is 137. The molecule has 6 aliphatic rings. The van der Waals surface area contributed by atoms with Crippen LogP contribution in [0.4, 0.5) is 34.5 Å². The normalized spacial score (nSPS) is 18.3. The fourth-order valence-corrected chi connectivity index (χ4v) is 15.1. The van der Waals surface area contributed by atoms with Gasteiger partial charge in [-0.15, -0.1) is 0 Å². The fourth-order valence-electron chi connectivity index (χ4n) is 15.0. The predicted octanol–water partition coefficient (Wildman–Crippen LogP) is 8.30. The Morgan fingerprint density at radius 2 is 0.725 bits per heavy atom. The lowest BCUT2D eigenvalue weighted by molar-refractivity contribution is -0.133. The molecule has 3 aromatic carbocycles. The van der Waals surface area contributed by atoms with Crippen molar-refractivity contribution in [3.05, 3.63) is 159 Å². The molecule has 0 unspecified atom stereocenters. The van der Waals surface area contributed by atoms with Crippen LogP contribution in [0.5, 0.6) is 0 Å². The largest absolute Gasteiger partial charge is 0.478 e. The molecule has 0 atom stereocenters. The van der Waals surface area contributed by atoms with Crippen molar-refractivity contribution in [1.82, 2.24) is 29.7 Å². The number of nitrogens with zero attached hydrogens (tertiary/aromatic N) is 9. The van der Waals surface area contributed by atoms with E-state index in [0.717, 1.165) is 108 Å². The van der Waals surface area contributed by atoms with Gasteiger partial charge in [-0.05, 0) is 190 Å². The number of nitrogens with one attached hydrogen (secondary N) is 3. The molecule has 0 aliphatic carbocycles. The van der Waals surface area contributed by atoms with Gasteiger partial charge in [0.15, 0.2) is 0 Å². The summed E-state index contributed by atoms with van der Waals surface area (Å²) >= 11 is 5.95. The molecule has 540 valence electrons. The second-order valence-electron chi connectivity index (χ2n) is 27.0. The summed E-state index contributed by atoms with van der Waals surface area (Å²) in [6, 6.07) is 25.0. The quantitative estimate of drug-likeness (QED) is 0.0390. The zero-order valence-corrected chi connectivity index (χ0v) is 58.4. The summed E-state index contributed by atoms with van der Waals surface area (Å²) in [6.07, 6.45) is 17.3. The Kier molecular flexibility index (Phi) is 24.2. The van der Waals surface area contributed by atoms with Crippen molar-refractivity contribution < 1.29 is 58.5 Å². The van der Waals surface area contributed by atoms with Gasteiger partial charge in [0, 0.05) is 61.0 Å². The lowest BCUT2D eigenvalue weighted by Crippen LogP contribution is -2.63. The molecular formula is C74H90ClN15O12. The van der Waals surface area contributed by atoms with Gasteiger partial charge in [-0.1, -0.05) is 72.8 Å². The van der Waals surface area contributed by atoms with Crippen molar-refractivity contribution in [1.29, 1.82) is 0 Å². The molecule has 28 heteroatoms. The van der Waals surface area contributed by atoms with Gasteiger partial charge in [0.1, 0.15) is 50.8 Å². The van der Waals surface area contributed by atoms with E-state index in [1.165, 1.54) is 42.9 Å². The number of anilines is 6. The number of benzene rings is 3. The van der Waals surface area contributed by atoms with E-state index in [2.05, 4.69) is 45.6 Å². The van der Waals surface area contributed by atoms with Crippen molar-refractivity contribution >= 4 is 99.5 Å². The highest BCUT2D eigenvalue weighted by Crippen LogP contribution is 2.38. The average molecular weight is 1420 g/mol. The van der Waals surface area contributed by atoms with Gasteiger partial charge in [0.25, 0.3) is 17.7 Å². The third kappa shape index (κ3) is 17.1. The first-order chi connectivity index (χ1) is 48.9. The number of hydrogen-bond acceptors (Lipinski definition) is 18. The van der Waals surface area contributed by atoms with Crippen LogP contribution in [0.3, 0.4) is 0 Å². The van der Waals surface area contributed by atoms with Crippen LogP contribution in [-0.4, -0.2) is 193 Å². The van der Waals surface area contributed by atoms with Crippen LogP contribution >= 0.6 is 11.6 Å². The molecule has 6 aromatic rings.